The summed E-state index contributed by atoms with van der Waals surface area (Å²) in [7, 11) is 0. The van der Waals surface area contributed by atoms with Gasteiger partial charge < -0.3 is 5.32 Å². The molecule has 3 atom stereocenters. The van der Waals surface area contributed by atoms with E-state index in [0.29, 0.717) is 18.4 Å². The largest absolute Gasteiger partial charge is 0.351 e. The lowest BCUT2D eigenvalue weighted by molar-refractivity contribution is -0.126. The SMILES string of the molecule is C=CCNC(=O)[C@H](C)N1C[C@H](C)C[C@@H](C)C1. The third-order valence-electron chi connectivity index (χ3n) is 3.24. The number of hydrogen-bond acceptors (Lipinski definition) is 2. The summed E-state index contributed by atoms with van der Waals surface area (Å²) in [6, 6.07) is -0.0230. The second-order valence-electron chi connectivity index (χ2n) is 5.11. The Bertz CT molecular complexity index is 242. The summed E-state index contributed by atoms with van der Waals surface area (Å²) in [5.74, 6) is 1.50. The van der Waals surface area contributed by atoms with Gasteiger partial charge >= 0.3 is 0 Å². The van der Waals surface area contributed by atoms with Crippen molar-refractivity contribution >= 4 is 5.91 Å². The number of hydrogen-bond donors (Lipinski definition) is 1. The van der Waals surface area contributed by atoms with Crippen molar-refractivity contribution in [1.29, 1.82) is 0 Å². The van der Waals surface area contributed by atoms with Crippen LogP contribution >= 0.6 is 0 Å². The molecule has 0 bridgehead atoms. The van der Waals surface area contributed by atoms with Crippen molar-refractivity contribution in [3.8, 4) is 0 Å². The van der Waals surface area contributed by atoms with Crippen LogP contribution in [0.1, 0.15) is 27.2 Å². The van der Waals surface area contributed by atoms with E-state index < -0.39 is 0 Å². The van der Waals surface area contributed by atoms with Crippen molar-refractivity contribution in [3.05, 3.63) is 12.7 Å². The van der Waals surface area contributed by atoms with Gasteiger partial charge in [-0.3, -0.25) is 9.69 Å². The quantitative estimate of drug-likeness (QED) is 0.737. The number of piperidine rings is 1. The molecule has 3 heteroatoms. The molecule has 0 aromatic carbocycles. The van der Waals surface area contributed by atoms with Crippen LogP contribution in [-0.2, 0) is 4.79 Å². The zero-order chi connectivity index (χ0) is 12.1. The molecule has 1 heterocycles. The van der Waals surface area contributed by atoms with Crippen molar-refractivity contribution in [3.63, 3.8) is 0 Å². The zero-order valence-electron chi connectivity index (χ0n) is 10.7. The lowest BCUT2D eigenvalue weighted by atomic mass is 9.91. The molecular formula is C13H24N2O. The Kier molecular flexibility index (Phi) is 5.00. The maximum atomic E-state index is 11.8. The van der Waals surface area contributed by atoms with E-state index in [1.165, 1.54) is 6.42 Å². The van der Waals surface area contributed by atoms with E-state index in [0.717, 1.165) is 13.1 Å². The van der Waals surface area contributed by atoms with E-state index >= 15 is 0 Å². The first-order valence-electron chi connectivity index (χ1n) is 6.17. The summed E-state index contributed by atoms with van der Waals surface area (Å²) >= 11 is 0. The number of carbonyl (C=O) groups is 1. The predicted octanol–water partition coefficient (Wildman–Crippen LogP) is 1.65. The van der Waals surface area contributed by atoms with Crippen LogP contribution in [0.5, 0.6) is 0 Å². The monoisotopic (exact) mass is 224 g/mol. The molecule has 1 N–H and O–H groups in total. The highest BCUT2D eigenvalue weighted by atomic mass is 16.2. The molecule has 1 aliphatic heterocycles. The average Bonchev–Trinajstić information content (AvgIpc) is 2.23. The minimum atomic E-state index is -0.0230. The van der Waals surface area contributed by atoms with Gasteiger partial charge in [-0.15, -0.1) is 6.58 Å². The summed E-state index contributed by atoms with van der Waals surface area (Å²) in [6.07, 6.45) is 2.99. The van der Waals surface area contributed by atoms with Crippen LogP contribution in [0.15, 0.2) is 12.7 Å². The summed E-state index contributed by atoms with van der Waals surface area (Å²) in [4.78, 5) is 14.1. The van der Waals surface area contributed by atoms with Gasteiger partial charge in [0.25, 0.3) is 0 Å². The molecule has 3 nitrogen and oxygen atoms in total. The smallest absolute Gasteiger partial charge is 0.237 e. The molecule has 1 amide bonds. The van der Waals surface area contributed by atoms with Crippen molar-refractivity contribution in [2.45, 2.75) is 33.2 Å². The summed E-state index contributed by atoms with van der Waals surface area (Å²) in [6.45, 7) is 12.7. The molecule has 1 aliphatic rings. The van der Waals surface area contributed by atoms with Gasteiger partial charge in [-0.1, -0.05) is 19.9 Å². The fourth-order valence-electron chi connectivity index (χ4n) is 2.51. The molecule has 1 saturated heterocycles. The van der Waals surface area contributed by atoms with E-state index in [4.69, 9.17) is 0 Å². The van der Waals surface area contributed by atoms with E-state index in [9.17, 15) is 4.79 Å². The molecule has 0 saturated carbocycles. The maximum absolute atomic E-state index is 11.8. The van der Waals surface area contributed by atoms with Gasteiger partial charge in [0.05, 0.1) is 6.04 Å². The Morgan fingerprint density at radius 3 is 2.56 bits per heavy atom. The van der Waals surface area contributed by atoms with Crippen molar-refractivity contribution in [2.24, 2.45) is 11.8 Å². The molecule has 0 aromatic rings. The second-order valence-corrected chi connectivity index (χ2v) is 5.11. The van der Waals surface area contributed by atoms with Gasteiger partial charge in [0.2, 0.25) is 5.91 Å². The number of amides is 1. The Balaban J connectivity index is 2.48. The molecule has 0 unspecified atom stereocenters. The van der Waals surface area contributed by atoms with Crippen LogP contribution in [0.2, 0.25) is 0 Å². The summed E-state index contributed by atoms with van der Waals surface area (Å²) in [5.41, 5.74) is 0. The zero-order valence-corrected chi connectivity index (χ0v) is 10.7. The van der Waals surface area contributed by atoms with Crippen LogP contribution in [0.4, 0.5) is 0 Å². The standard InChI is InChI=1S/C13H24N2O/c1-5-6-14-13(16)12(4)15-8-10(2)7-11(3)9-15/h5,10-12H,1,6-9H2,2-4H3,(H,14,16)/t10-,11-,12+/m1/s1. The van der Waals surface area contributed by atoms with Gasteiger partial charge in [0.15, 0.2) is 0 Å². The minimum absolute atomic E-state index is 0.0230. The van der Waals surface area contributed by atoms with Crippen LogP contribution in [0.25, 0.3) is 0 Å². The highest BCUT2D eigenvalue weighted by Gasteiger charge is 2.28. The Hall–Kier alpha value is -0.830. The fraction of sp³-hybridized carbons (Fsp3) is 0.769. The van der Waals surface area contributed by atoms with E-state index in [-0.39, 0.29) is 11.9 Å². The van der Waals surface area contributed by atoms with Gasteiger partial charge in [-0.25, -0.2) is 0 Å². The average molecular weight is 224 g/mol. The van der Waals surface area contributed by atoms with Crippen LogP contribution in [-0.4, -0.2) is 36.5 Å². The van der Waals surface area contributed by atoms with Gasteiger partial charge in [0.1, 0.15) is 0 Å². The first-order valence-corrected chi connectivity index (χ1v) is 6.17. The van der Waals surface area contributed by atoms with E-state index in [2.05, 4.69) is 30.6 Å². The molecule has 1 rings (SSSR count). The molecule has 0 aliphatic carbocycles. The molecular weight excluding hydrogens is 200 g/mol. The number of nitrogens with one attached hydrogen (secondary N) is 1. The second kappa shape index (κ2) is 6.04. The molecule has 0 aromatic heterocycles. The number of likely N-dealkylation sites (tertiary alicyclic amines) is 1. The van der Waals surface area contributed by atoms with E-state index in [1.54, 1.807) is 6.08 Å². The summed E-state index contributed by atoms with van der Waals surface area (Å²) < 4.78 is 0. The van der Waals surface area contributed by atoms with Crippen molar-refractivity contribution in [2.75, 3.05) is 19.6 Å². The Morgan fingerprint density at radius 1 is 1.50 bits per heavy atom. The number of rotatable bonds is 4. The van der Waals surface area contributed by atoms with Gasteiger partial charge in [-0.2, -0.15) is 0 Å². The van der Waals surface area contributed by atoms with Gasteiger partial charge in [0, 0.05) is 19.6 Å². The molecule has 0 spiro atoms. The van der Waals surface area contributed by atoms with Crippen molar-refractivity contribution in [1.82, 2.24) is 10.2 Å². The van der Waals surface area contributed by atoms with Crippen LogP contribution < -0.4 is 5.32 Å². The fourth-order valence-corrected chi connectivity index (χ4v) is 2.51. The maximum Gasteiger partial charge on any atom is 0.237 e. The summed E-state index contributed by atoms with van der Waals surface area (Å²) in [5, 5.41) is 2.86. The molecule has 1 fully saturated rings. The first kappa shape index (κ1) is 13.2. The van der Waals surface area contributed by atoms with Crippen molar-refractivity contribution < 1.29 is 4.79 Å². The third kappa shape index (κ3) is 3.63. The van der Waals surface area contributed by atoms with Crippen LogP contribution in [0.3, 0.4) is 0 Å². The van der Waals surface area contributed by atoms with Gasteiger partial charge in [-0.05, 0) is 25.2 Å². The Labute approximate surface area is 98.9 Å². The van der Waals surface area contributed by atoms with E-state index in [1.807, 2.05) is 6.92 Å². The highest BCUT2D eigenvalue weighted by Crippen LogP contribution is 2.22. The minimum Gasteiger partial charge on any atom is -0.351 e. The molecule has 16 heavy (non-hydrogen) atoms. The topological polar surface area (TPSA) is 32.3 Å². The molecule has 0 radical (unpaired) electrons. The lowest BCUT2D eigenvalue weighted by Crippen LogP contribution is -2.50. The Morgan fingerprint density at radius 2 is 2.06 bits per heavy atom. The third-order valence-corrected chi connectivity index (χ3v) is 3.24. The predicted molar refractivity (Wildman–Crippen MR) is 67.2 cm³/mol. The lowest BCUT2D eigenvalue weighted by Gasteiger charge is -2.38. The number of carbonyl (C=O) groups excluding carboxylic acids is 1. The molecule has 92 valence electrons. The number of nitrogens with zero attached hydrogens (tertiary/aromatic N) is 1. The first-order chi connectivity index (χ1) is 7.54. The van der Waals surface area contributed by atoms with Crippen LogP contribution in [0, 0.1) is 11.8 Å². The highest BCUT2D eigenvalue weighted by molar-refractivity contribution is 5.81. The normalized spacial score (nSPS) is 28.4.